The molecule has 1 N–H and O–H groups in total. The largest absolute Gasteiger partial charge is 0.311 e. The SMILES string of the molecule is CCCc1nc(C2CCCC(CC)C2)nc2c1CCNC2. The molecular formula is C18H29N3. The van der Waals surface area contributed by atoms with Crippen molar-refractivity contribution in [3.05, 3.63) is 22.8 Å². The first-order valence-corrected chi connectivity index (χ1v) is 8.91. The van der Waals surface area contributed by atoms with E-state index < -0.39 is 0 Å². The lowest BCUT2D eigenvalue weighted by Gasteiger charge is -2.29. The van der Waals surface area contributed by atoms with Crippen molar-refractivity contribution in [3.8, 4) is 0 Å². The molecule has 0 spiro atoms. The Morgan fingerprint density at radius 3 is 2.90 bits per heavy atom. The Morgan fingerprint density at radius 2 is 2.10 bits per heavy atom. The molecule has 2 atom stereocenters. The van der Waals surface area contributed by atoms with Gasteiger partial charge in [-0.05, 0) is 43.7 Å². The molecule has 0 radical (unpaired) electrons. The maximum absolute atomic E-state index is 5.03. The molecule has 1 aliphatic heterocycles. The van der Waals surface area contributed by atoms with E-state index in [4.69, 9.17) is 9.97 Å². The summed E-state index contributed by atoms with van der Waals surface area (Å²) in [5, 5.41) is 3.47. The van der Waals surface area contributed by atoms with Crippen LogP contribution in [0.4, 0.5) is 0 Å². The topological polar surface area (TPSA) is 37.8 Å². The van der Waals surface area contributed by atoms with Crippen LogP contribution in [0.2, 0.25) is 0 Å². The molecule has 2 aliphatic rings. The summed E-state index contributed by atoms with van der Waals surface area (Å²) >= 11 is 0. The van der Waals surface area contributed by atoms with Gasteiger partial charge in [-0.2, -0.15) is 0 Å². The van der Waals surface area contributed by atoms with E-state index in [1.807, 2.05) is 0 Å². The van der Waals surface area contributed by atoms with E-state index in [2.05, 4.69) is 19.2 Å². The van der Waals surface area contributed by atoms with E-state index in [0.717, 1.165) is 37.7 Å². The van der Waals surface area contributed by atoms with Gasteiger partial charge in [0.25, 0.3) is 0 Å². The Morgan fingerprint density at radius 1 is 1.19 bits per heavy atom. The Kier molecular flexibility index (Phi) is 4.89. The van der Waals surface area contributed by atoms with Crippen molar-refractivity contribution in [2.45, 2.75) is 77.7 Å². The van der Waals surface area contributed by atoms with Crippen molar-refractivity contribution in [2.75, 3.05) is 6.54 Å². The lowest BCUT2D eigenvalue weighted by Crippen LogP contribution is -2.28. The molecule has 2 heterocycles. The van der Waals surface area contributed by atoms with Gasteiger partial charge in [-0.3, -0.25) is 0 Å². The predicted octanol–water partition coefficient (Wildman–Crippen LogP) is 3.76. The minimum Gasteiger partial charge on any atom is -0.311 e. The molecule has 3 nitrogen and oxygen atoms in total. The number of nitrogens with one attached hydrogen (secondary N) is 1. The van der Waals surface area contributed by atoms with E-state index in [1.54, 1.807) is 0 Å². The van der Waals surface area contributed by atoms with Crippen LogP contribution in [0, 0.1) is 5.92 Å². The monoisotopic (exact) mass is 287 g/mol. The first-order chi connectivity index (χ1) is 10.3. The lowest BCUT2D eigenvalue weighted by atomic mass is 9.79. The van der Waals surface area contributed by atoms with Crippen LogP contribution in [-0.2, 0) is 19.4 Å². The van der Waals surface area contributed by atoms with E-state index in [1.165, 1.54) is 55.5 Å². The highest BCUT2D eigenvalue weighted by molar-refractivity contribution is 5.29. The Balaban J connectivity index is 1.89. The predicted molar refractivity (Wildman–Crippen MR) is 86.4 cm³/mol. The van der Waals surface area contributed by atoms with Crippen molar-refractivity contribution in [2.24, 2.45) is 5.92 Å². The number of hydrogen-bond donors (Lipinski definition) is 1. The Bertz CT molecular complexity index is 484. The molecule has 0 bridgehead atoms. The van der Waals surface area contributed by atoms with Crippen LogP contribution in [-0.4, -0.2) is 16.5 Å². The lowest BCUT2D eigenvalue weighted by molar-refractivity contribution is 0.306. The van der Waals surface area contributed by atoms with E-state index in [-0.39, 0.29) is 0 Å². The normalized spacial score (nSPS) is 25.6. The average molecular weight is 287 g/mol. The van der Waals surface area contributed by atoms with Gasteiger partial charge in [0.15, 0.2) is 0 Å². The molecule has 3 heteroatoms. The van der Waals surface area contributed by atoms with Crippen LogP contribution < -0.4 is 5.32 Å². The summed E-state index contributed by atoms with van der Waals surface area (Å²) in [4.78, 5) is 10.0. The number of nitrogens with zero attached hydrogens (tertiary/aromatic N) is 2. The molecule has 1 saturated carbocycles. The molecule has 1 aromatic rings. The van der Waals surface area contributed by atoms with E-state index in [9.17, 15) is 0 Å². The zero-order chi connectivity index (χ0) is 14.7. The van der Waals surface area contributed by atoms with Crippen LogP contribution >= 0.6 is 0 Å². The third-order valence-corrected chi connectivity index (χ3v) is 5.25. The van der Waals surface area contributed by atoms with Crippen LogP contribution in [0.15, 0.2) is 0 Å². The van der Waals surface area contributed by atoms with Gasteiger partial charge in [0.1, 0.15) is 5.82 Å². The maximum atomic E-state index is 5.03. The Hall–Kier alpha value is -0.960. The van der Waals surface area contributed by atoms with Gasteiger partial charge in [0.2, 0.25) is 0 Å². The summed E-state index contributed by atoms with van der Waals surface area (Å²) in [6.07, 6.45) is 10.0. The molecule has 1 fully saturated rings. The fourth-order valence-corrected chi connectivity index (χ4v) is 3.98. The zero-order valence-electron chi connectivity index (χ0n) is 13.6. The fourth-order valence-electron chi connectivity index (χ4n) is 3.98. The van der Waals surface area contributed by atoms with E-state index >= 15 is 0 Å². The first kappa shape index (κ1) is 15.0. The fraction of sp³-hybridized carbons (Fsp3) is 0.778. The molecule has 1 aromatic heterocycles. The quantitative estimate of drug-likeness (QED) is 0.916. The molecule has 21 heavy (non-hydrogen) atoms. The molecule has 2 unspecified atom stereocenters. The smallest absolute Gasteiger partial charge is 0.132 e. The third-order valence-electron chi connectivity index (χ3n) is 5.25. The molecule has 0 saturated heterocycles. The number of aryl methyl sites for hydroxylation is 1. The highest BCUT2D eigenvalue weighted by atomic mass is 15.0. The van der Waals surface area contributed by atoms with Crippen molar-refractivity contribution >= 4 is 0 Å². The van der Waals surface area contributed by atoms with Crippen molar-refractivity contribution in [3.63, 3.8) is 0 Å². The van der Waals surface area contributed by atoms with Crippen LogP contribution in [0.25, 0.3) is 0 Å². The van der Waals surface area contributed by atoms with Crippen LogP contribution in [0.1, 0.15) is 81.1 Å². The number of hydrogen-bond acceptors (Lipinski definition) is 3. The van der Waals surface area contributed by atoms with Crippen molar-refractivity contribution in [1.82, 2.24) is 15.3 Å². The molecule has 116 valence electrons. The average Bonchev–Trinajstić information content (AvgIpc) is 2.55. The highest BCUT2D eigenvalue weighted by Gasteiger charge is 2.26. The summed E-state index contributed by atoms with van der Waals surface area (Å²) in [5.41, 5.74) is 4.08. The first-order valence-electron chi connectivity index (χ1n) is 8.91. The summed E-state index contributed by atoms with van der Waals surface area (Å²) in [6.45, 7) is 6.59. The van der Waals surface area contributed by atoms with Gasteiger partial charge >= 0.3 is 0 Å². The minimum atomic E-state index is 0.603. The second-order valence-electron chi connectivity index (χ2n) is 6.77. The van der Waals surface area contributed by atoms with Gasteiger partial charge in [-0.25, -0.2) is 9.97 Å². The third kappa shape index (κ3) is 3.28. The van der Waals surface area contributed by atoms with Crippen molar-refractivity contribution < 1.29 is 0 Å². The molecule has 3 rings (SSSR count). The number of rotatable bonds is 4. The molecular weight excluding hydrogens is 258 g/mol. The maximum Gasteiger partial charge on any atom is 0.132 e. The minimum absolute atomic E-state index is 0.603. The summed E-state index contributed by atoms with van der Waals surface area (Å²) < 4.78 is 0. The van der Waals surface area contributed by atoms with Gasteiger partial charge in [-0.15, -0.1) is 0 Å². The van der Waals surface area contributed by atoms with Gasteiger partial charge in [0.05, 0.1) is 5.69 Å². The number of fused-ring (bicyclic) bond motifs is 1. The van der Waals surface area contributed by atoms with Gasteiger partial charge in [0, 0.05) is 18.2 Å². The zero-order valence-corrected chi connectivity index (χ0v) is 13.6. The summed E-state index contributed by atoms with van der Waals surface area (Å²) in [7, 11) is 0. The second-order valence-corrected chi connectivity index (χ2v) is 6.77. The molecule has 0 aromatic carbocycles. The second kappa shape index (κ2) is 6.87. The van der Waals surface area contributed by atoms with Gasteiger partial charge in [-0.1, -0.05) is 39.5 Å². The molecule has 1 aliphatic carbocycles. The van der Waals surface area contributed by atoms with Crippen LogP contribution in [0.3, 0.4) is 0 Å². The van der Waals surface area contributed by atoms with Crippen molar-refractivity contribution in [1.29, 1.82) is 0 Å². The number of aromatic nitrogens is 2. The van der Waals surface area contributed by atoms with Crippen LogP contribution in [0.5, 0.6) is 0 Å². The van der Waals surface area contributed by atoms with E-state index in [0.29, 0.717) is 5.92 Å². The van der Waals surface area contributed by atoms with Gasteiger partial charge < -0.3 is 5.32 Å². The Labute approximate surface area is 129 Å². The summed E-state index contributed by atoms with van der Waals surface area (Å²) in [5.74, 6) is 2.64. The standard InChI is InChI=1S/C18H29N3/c1-3-6-16-15-9-10-19-12-17(15)21-18(20-16)14-8-5-7-13(4-2)11-14/h13-14,19H,3-12H2,1-2H3. The summed E-state index contributed by atoms with van der Waals surface area (Å²) in [6, 6.07) is 0. The molecule has 0 amide bonds. The highest BCUT2D eigenvalue weighted by Crippen LogP contribution is 2.36.